The largest absolute Gasteiger partial charge is 0.481 e. The number of aryl methyl sites for hydroxylation is 6. The molecule has 0 fully saturated rings. The Labute approximate surface area is 132 Å². The minimum Gasteiger partial charge on any atom is -0.481 e. The maximum absolute atomic E-state index is 12.0. The molecule has 0 radical (unpaired) electrons. The molecule has 0 bridgehead atoms. The number of benzene rings is 2. The van der Waals surface area contributed by atoms with Gasteiger partial charge in [-0.1, -0.05) is 24.3 Å². The quantitative estimate of drug-likeness (QED) is 0.887. The van der Waals surface area contributed by atoms with Crippen LogP contribution >= 0.6 is 0 Å². The lowest BCUT2D eigenvalue weighted by Crippen LogP contribution is -2.16. The molecule has 2 rings (SSSR count). The molecule has 0 unspecified atom stereocenters. The minimum absolute atomic E-state index is 0.612. The van der Waals surface area contributed by atoms with Gasteiger partial charge >= 0.3 is 5.97 Å². The third kappa shape index (κ3) is 2.92. The Balaban J connectivity index is 2.69. The molecular weight excluding hydrogens is 272 g/mol. The first-order chi connectivity index (χ1) is 10.2. The first-order valence-electron chi connectivity index (χ1n) is 7.60. The zero-order chi connectivity index (χ0) is 16.6. The normalized spacial score (nSPS) is 11.0. The summed E-state index contributed by atoms with van der Waals surface area (Å²) in [4.78, 5) is 12.0. The van der Waals surface area contributed by atoms with Gasteiger partial charge in [-0.2, -0.15) is 0 Å². The molecule has 0 aliphatic heterocycles. The first-order valence-corrected chi connectivity index (χ1v) is 7.60. The van der Waals surface area contributed by atoms with Crippen LogP contribution in [0.15, 0.2) is 24.3 Å². The van der Waals surface area contributed by atoms with Crippen molar-refractivity contribution >= 4 is 5.97 Å². The topological polar surface area (TPSA) is 37.3 Å². The van der Waals surface area contributed by atoms with Crippen molar-refractivity contribution in [2.75, 3.05) is 0 Å². The number of carbonyl (C=O) groups is 1. The second-order valence-corrected chi connectivity index (χ2v) is 6.36. The fourth-order valence-electron chi connectivity index (χ4n) is 3.02. The second kappa shape index (κ2) is 5.96. The van der Waals surface area contributed by atoms with Gasteiger partial charge in [0.25, 0.3) is 0 Å². The maximum Gasteiger partial charge on any atom is 0.315 e. The molecule has 2 heteroatoms. The van der Waals surface area contributed by atoms with E-state index in [1.165, 1.54) is 11.1 Å². The molecule has 0 spiro atoms. The number of hydrogen-bond donors (Lipinski definition) is 1. The molecule has 2 aromatic carbocycles. The van der Waals surface area contributed by atoms with Gasteiger partial charge in [-0.25, -0.2) is 0 Å². The molecule has 1 N–H and O–H groups in total. The van der Waals surface area contributed by atoms with E-state index >= 15 is 0 Å². The van der Waals surface area contributed by atoms with Crippen LogP contribution in [0.4, 0.5) is 0 Å². The van der Waals surface area contributed by atoms with Gasteiger partial charge in [0, 0.05) is 0 Å². The zero-order valence-corrected chi connectivity index (χ0v) is 14.2. The van der Waals surface area contributed by atoms with Crippen molar-refractivity contribution in [2.45, 2.75) is 47.5 Å². The standard InChI is InChI=1S/C20H24O2/c1-11-7-15(5)17(9-13(11)3)19(20(21)22)18-10-14(4)12(2)8-16(18)6/h7-10,19H,1-6H3,(H,21,22). The summed E-state index contributed by atoms with van der Waals surface area (Å²) in [5.74, 6) is -1.41. The van der Waals surface area contributed by atoms with Gasteiger partial charge in [-0.15, -0.1) is 0 Å². The van der Waals surface area contributed by atoms with Crippen molar-refractivity contribution in [3.05, 3.63) is 68.8 Å². The van der Waals surface area contributed by atoms with Crippen LogP contribution in [0.2, 0.25) is 0 Å². The molecule has 0 aliphatic rings. The number of aliphatic carboxylic acids is 1. The summed E-state index contributed by atoms with van der Waals surface area (Å²) in [5, 5.41) is 9.85. The van der Waals surface area contributed by atoms with Crippen LogP contribution < -0.4 is 0 Å². The van der Waals surface area contributed by atoms with Crippen LogP contribution in [-0.4, -0.2) is 11.1 Å². The second-order valence-electron chi connectivity index (χ2n) is 6.36. The molecule has 0 heterocycles. The number of carboxylic acid groups (broad SMARTS) is 1. The average molecular weight is 296 g/mol. The molecule has 0 aliphatic carbocycles. The van der Waals surface area contributed by atoms with Crippen molar-refractivity contribution in [1.29, 1.82) is 0 Å². The Morgan fingerprint density at radius 2 is 1.00 bits per heavy atom. The molecule has 2 aromatic rings. The highest BCUT2D eigenvalue weighted by molar-refractivity contribution is 5.82. The minimum atomic E-state index is -0.794. The summed E-state index contributed by atoms with van der Waals surface area (Å²) in [6, 6.07) is 8.21. The fourth-order valence-corrected chi connectivity index (χ4v) is 3.02. The van der Waals surface area contributed by atoms with Crippen molar-refractivity contribution < 1.29 is 9.90 Å². The van der Waals surface area contributed by atoms with E-state index in [4.69, 9.17) is 0 Å². The summed E-state index contributed by atoms with van der Waals surface area (Å²) in [5.41, 5.74) is 8.51. The Kier molecular flexibility index (Phi) is 4.41. The summed E-state index contributed by atoms with van der Waals surface area (Å²) in [7, 11) is 0. The SMILES string of the molecule is Cc1cc(C)c(C(C(=O)O)c2cc(C)c(C)cc2C)cc1C. The highest BCUT2D eigenvalue weighted by Crippen LogP contribution is 2.32. The van der Waals surface area contributed by atoms with Crippen LogP contribution in [0.3, 0.4) is 0 Å². The van der Waals surface area contributed by atoms with Gasteiger partial charge in [-0.3, -0.25) is 4.79 Å². The molecule has 0 atom stereocenters. The predicted molar refractivity (Wildman–Crippen MR) is 90.8 cm³/mol. The smallest absolute Gasteiger partial charge is 0.315 e. The van der Waals surface area contributed by atoms with Gasteiger partial charge in [0.15, 0.2) is 0 Å². The molecule has 0 aromatic heterocycles. The van der Waals surface area contributed by atoms with Gasteiger partial charge in [0.05, 0.1) is 0 Å². The van der Waals surface area contributed by atoms with Crippen molar-refractivity contribution in [1.82, 2.24) is 0 Å². The Morgan fingerprint density at radius 3 is 1.32 bits per heavy atom. The van der Waals surface area contributed by atoms with Crippen molar-refractivity contribution in [2.24, 2.45) is 0 Å². The summed E-state index contributed by atoms with van der Waals surface area (Å²) in [6.07, 6.45) is 0. The van der Waals surface area contributed by atoms with E-state index < -0.39 is 11.9 Å². The van der Waals surface area contributed by atoms with Crippen molar-refractivity contribution in [3.63, 3.8) is 0 Å². The molecule has 0 amide bonds. The predicted octanol–water partition coefficient (Wildman–Crippen LogP) is 4.75. The molecule has 0 saturated heterocycles. The highest BCUT2D eigenvalue weighted by Gasteiger charge is 2.26. The summed E-state index contributed by atoms with van der Waals surface area (Å²) in [6.45, 7) is 12.2. The fraction of sp³-hybridized carbons (Fsp3) is 0.350. The Morgan fingerprint density at radius 1 is 0.682 bits per heavy atom. The first kappa shape index (κ1) is 16.3. The summed E-state index contributed by atoms with van der Waals surface area (Å²) < 4.78 is 0. The lowest BCUT2D eigenvalue weighted by atomic mass is 9.83. The van der Waals surface area contributed by atoms with Crippen LogP contribution in [0, 0.1) is 41.5 Å². The molecule has 2 nitrogen and oxygen atoms in total. The van der Waals surface area contributed by atoms with Gasteiger partial charge in [0.1, 0.15) is 5.92 Å². The summed E-state index contributed by atoms with van der Waals surface area (Å²) >= 11 is 0. The maximum atomic E-state index is 12.0. The number of hydrogen-bond acceptors (Lipinski definition) is 1. The van der Waals surface area contributed by atoms with Gasteiger partial charge in [0.2, 0.25) is 0 Å². The van der Waals surface area contributed by atoms with Crippen LogP contribution in [0.25, 0.3) is 0 Å². The monoisotopic (exact) mass is 296 g/mol. The van der Waals surface area contributed by atoms with Crippen LogP contribution in [-0.2, 0) is 4.79 Å². The van der Waals surface area contributed by atoms with Gasteiger partial charge < -0.3 is 5.11 Å². The van der Waals surface area contributed by atoms with Crippen LogP contribution in [0.1, 0.15) is 50.4 Å². The van der Waals surface area contributed by atoms with E-state index in [-0.39, 0.29) is 0 Å². The molecule has 116 valence electrons. The van der Waals surface area contributed by atoms with E-state index in [0.29, 0.717) is 0 Å². The lowest BCUT2D eigenvalue weighted by molar-refractivity contribution is -0.137. The Hall–Kier alpha value is -2.09. The van der Waals surface area contributed by atoms with E-state index in [0.717, 1.165) is 33.4 Å². The van der Waals surface area contributed by atoms with E-state index in [1.54, 1.807) is 0 Å². The molecular formula is C20H24O2. The molecule has 22 heavy (non-hydrogen) atoms. The highest BCUT2D eigenvalue weighted by atomic mass is 16.4. The van der Waals surface area contributed by atoms with Crippen molar-refractivity contribution in [3.8, 4) is 0 Å². The zero-order valence-electron chi connectivity index (χ0n) is 14.2. The lowest BCUT2D eigenvalue weighted by Gasteiger charge is -2.20. The molecule has 0 saturated carbocycles. The van der Waals surface area contributed by atoms with E-state index in [2.05, 4.69) is 26.0 Å². The Bertz CT molecular complexity index is 684. The number of carboxylic acids is 1. The third-order valence-electron chi connectivity index (χ3n) is 4.63. The van der Waals surface area contributed by atoms with E-state index in [1.807, 2.05) is 39.8 Å². The third-order valence-corrected chi connectivity index (χ3v) is 4.63. The average Bonchev–Trinajstić information content (AvgIpc) is 2.41. The van der Waals surface area contributed by atoms with Gasteiger partial charge in [-0.05, 0) is 86.1 Å². The number of rotatable bonds is 3. The van der Waals surface area contributed by atoms with Crippen LogP contribution in [0.5, 0.6) is 0 Å². The van der Waals surface area contributed by atoms with E-state index in [9.17, 15) is 9.90 Å².